The quantitative estimate of drug-likeness (QED) is 0.496. The normalized spacial score (nSPS) is 22.8. The molecule has 1 aliphatic heterocycles. The molecule has 137 valence electrons. The summed E-state index contributed by atoms with van der Waals surface area (Å²) in [5, 5.41) is 2.71. The van der Waals surface area contributed by atoms with E-state index in [9.17, 15) is 9.59 Å². The van der Waals surface area contributed by atoms with Crippen LogP contribution in [0, 0.1) is 18.3 Å². The molecule has 2 rings (SSSR count). The Balaban J connectivity index is 2.24. The van der Waals surface area contributed by atoms with E-state index in [1.165, 1.54) is 0 Å². The summed E-state index contributed by atoms with van der Waals surface area (Å²) in [7, 11) is -1.05. The summed E-state index contributed by atoms with van der Waals surface area (Å²) in [5.74, 6) is -1.09. The molecule has 3 atom stereocenters. The highest BCUT2D eigenvalue weighted by atomic mass is 28.3. The number of ether oxygens (including phenoxy) is 1. The van der Waals surface area contributed by atoms with Crippen molar-refractivity contribution in [1.82, 2.24) is 5.32 Å². The zero-order valence-electron chi connectivity index (χ0n) is 16.1. The second-order valence-electron chi connectivity index (χ2n) is 7.99. The third kappa shape index (κ3) is 3.80. The number of hydrogen-bond acceptors (Lipinski definition) is 4. The van der Waals surface area contributed by atoms with E-state index in [2.05, 4.69) is 5.32 Å². The maximum atomic E-state index is 12.5. The summed E-state index contributed by atoms with van der Waals surface area (Å²) in [4.78, 5) is 24.8. The minimum Gasteiger partial charge on any atom is -0.437 e. The van der Waals surface area contributed by atoms with Crippen molar-refractivity contribution in [3.8, 4) is 0 Å². The molecule has 1 aliphatic rings. The van der Waals surface area contributed by atoms with Gasteiger partial charge in [0.15, 0.2) is 6.23 Å². The first kappa shape index (κ1) is 19.7. The van der Waals surface area contributed by atoms with Crippen LogP contribution in [0.1, 0.15) is 43.6 Å². The fraction of sp³-hybridized carbons (Fsp3) is 0.579. The van der Waals surface area contributed by atoms with Crippen LogP contribution >= 0.6 is 0 Å². The molecule has 1 amide bonds. The van der Waals surface area contributed by atoms with E-state index in [0.29, 0.717) is 5.56 Å². The molecular formula is C19H28NO4Si. The average molecular weight is 363 g/mol. The monoisotopic (exact) mass is 362 g/mol. The van der Waals surface area contributed by atoms with Gasteiger partial charge in [0.25, 0.3) is 0 Å². The highest BCUT2D eigenvalue weighted by Crippen LogP contribution is 2.44. The molecule has 1 saturated heterocycles. The summed E-state index contributed by atoms with van der Waals surface area (Å²) >= 11 is 0. The summed E-state index contributed by atoms with van der Waals surface area (Å²) < 4.78 is 11.9. The standard InChI is InChI=1S/C19H28NO4Si/c1-12-10-8-9-11-13(12)17(22)23-16-14(15(21)20-16)19(5,18(2,3)4)24-25(6)7/h8-11,14,16H,1-7H3,(H,20,21)/t14-,16+,19+/m0/s1. The number of hydrogen-bond donors (Lipinski definition) is 1. The molecule has 1 aromatic rings. The largest absolute Gasteiger partial charge is 0.437 e. The lowest BCUT2D eigenvalue weighted by Crippen LogP contribution is -2.71. The number of carbonyl (C=O) groups is 2. The number of benzene rings is 1. The molecule has 1 heterocycles. The van der Waals surface area contributed by atoms with Gasteiger partial charge in [0, 0.05) is 0 Å². The van der Waals surface area contributed by atoms with E-state index < -0.39 is 32.8 Å². The highest BCUT2D eigenvalue weighted by Gasteiger charge is 2.59. The van der Waals surface area contributed by atoms with Gasteiger partial charge >= 0.3 is 5.97 Å². The molecule has 1 aromatic carbocycles. The van der Waals surface area contributed by atoms with Crippen LogP contribution in [0.3, 0.4) is 0 Å². The number of esters is 1. The van der Waals surface area contributed by atoms with Crippen molar-refractivity contribution in [2.45, 2.75) is 59.5 Å². The third-order valence-electron chi connectivity index (χ3n) is 4.97. The Morgan fingerprint density at radius 2 is 1.76 bits per heavy atom. The number of amides is 1. The summed E-state index contributed by atoms with van der Waals surface area (Å²) in [5.41, 5.74) is 0.350. The molecule has 0 saturated carbocycles. The highest BCUT2D eigenvalue weighted by molar-refractivity contribution is 6.48. The van der Waals surface area contributed by atoms with Gasteiger partial charge in [0.05, 0.1) is 11.2 Å². The van der Waals surface area contributed by atoms with Crippen molar-refractivity contribution in [1.29, 1.82) is 0 Å². The molecule has 0 aliphatic carbocycles. The van der Waals surface area contributed by atoms with Gasteiger partial charge in [-0.25, -0.2) is 4.79 Å². The Hall–Kier alpha value is -1.66. The molecule has 6 heteroatoms. The Morgan fingerprint density at radius 1 is 1.16 bits per heavy atom. The molecule has 0 aromatic heterocycles. The van der Waals surface area contributed by atoms with Gasteiger partial charge in [-0.2, -0.15) is 0 Å². The van der Waals surface area contributed by atoms with E-state index >= 15 is 0 Å². The van der Waals surface area contributed by atoms with E-state index in [4.69, 9.17) is 9.16 Å². The van der Waals surface area contributed by atoms with E-state index in [1.54, 1.807) is 12.1 Å². The van der Waals surface area contributed by atoms with Crippen LogP contribution in [0.4, 0.5) is 0 Å². The maximum absolute atomic E-state index is 12.5. The van der Waals surface area contributed by atoms with E-state index in [0.717, 1.165) is 5.56 Å². The minimum absolute atomic E-state index is 0.136. The summed E-state index contributed by atoms with van der Waals surface area (Å²) in [6.07, 6.45) is -0.676. The Kier molecular flexibility index (Phi) is 5.44. The summed E-state index contributed by atoms with van der Waals surface area (Å²) in [6, 6.07) is 7.26. The second-order valence-corrected chi connectivity index (χ2v) is 10.0. The zero-order valence-corrected chi connectivity index (χ0v) is 17.1. The molecular weight excluding hydrogens is 334 g/mol. The van der Waals surface area contributed by atoms with Gasteiger partial charge in [-0.1, -0.05) is 39.0 Å². The van der Waals surface area contributed by atoms with Crippen molar-refractivity contribution in [2.24, 2.45) is 11.3 Å². The first-order valence-electron chi connectivity index (χ1n) is 8.53. The van der Waals surface area contributed by atoms with Crippen LogP contribution in [-0.2, 0) is 14.0 Å². The molecule has 1 N–H and O–H groups in total. The number of nitrogens with one attached hydrogen (secondary N) is 1. The molecule has 1 fully saturated rings. The fourth-order valence-electron chi connectivity index (χ4n) is 3.08. The van der Waals surface area contributed by atoms with Crippen LogP contribution in [0.25, 0.3) is 0 Å². The Labute approximate surface area is 151 Å². The smallest absolute Gasteiger partial charge is 0.340 e. The van der Waals surface area contributed by atoms with Crippen molar-refractivity contribution in [2.75, 3.05) is 0 Å². The van der Waals surface area contributed by atoms with Gasteiger partial charge in [0.1, 0.15) is 5.92 Å². The van der Waals surface area contributed by atoms with Crippen LogP contribution < -0.4 is 5.32 Å². The van der Waals surface area contributed by atoms with E-state index in [1.807, 2.05) is 59.8 Å². The van der Waals surface area contributed by atoms with Gasteiger partial charge in [-0.05, 0) is 44.0 Å². The Bertz CT molecular complexity index is 668. The predicted octanol–water partition coefficient (Wildman–Crippen LogP) is 3.30. The number of carbonyl (C=O) groups excluding carboxylic acids is 2. The number of β-lactam (4-membered cyclic amide) rings is 1. The second kappa shape index (κ2) is 6.92. The lowest BCUT2D eigenvalue weighted by atomic mass is 9.67. The first-order valence-corrected chi connectivity index (χ1v) is 10.9. The third-order valence-corrected chi connectivity index (χ3v) is 5.80. The van der Waals surface area contributed by atoms with Crippen LogP contribution in [0.5, 0.6) is 0 Å². The predicted molar refractivity (Wildman–Crippen MR) is 98.4 cm³/mol. The van der Waals surface area contributed by atoms with Crippen LogP contribution in [0.2, 0.25) is 13.1 Å². The molecule has 0 bridgehead atoms. The maximum Gasteiger partial charge on any atom is 0.340 e. The Morgan fingerprint density at radius 3 is 2.24 bits per heavy atom. The summed E-state index contributed by atoms with van der Waals surface area (Å²) in [6.45, 7) is 14.0. The molecule has 0 spiro atoms. The van der Waals surface area contributed by atoms with E-state index in [-0.39, 0.29) is 11.3 Å². The minimum atomic E-state index is -1.05. The van der Waals surface area contributed by atoms with Crippen molar-refractivity contribution in [3.05, 3.63) is 35.4 Å². The fourth-order valence-corrected chi connectivity index (χ4v) is 4.36. The van der Waals surface area contributed by atoms with Crippen LogP contribution in [0.15, 0.2) is 24.3 Å². The SMILES string of the molecule is Cc1ccccc1C(=O)O[C@H]1NC(=O)[C@@H]1[C@@](C)(O[Si](C)C)C(C)(C)C. The van der Waals surface area contributed by atoms with Gasteiger partial charge in [-0.3, -0.25) is 4.79 Å². The van der Waals surface area contributed by atoms with Crippen molar-refractivity contribution in [3.63, 3.8) is 0 Å². The van der Waals surface area contributed by atoms with Crippen LogP contribution in [-0.4, -0.2) is 32.7 Å². The van der Waals surface area contributed by atoms with Crippen molar-refractivity contribution >= 4 is 20.9 Å². The van der Waals surface area contributed by atoms with Crippen molar-refractivity contribution < 1.29 is 18.8 Å². The average Bonchev–Trinajstić information content (AvgIpc) is 2.44. The molecule has 25 heavy (non-hydrogen) atoms. The molecule has 0 unspecified atom stereocenters. The lowest BCUT2D eigenvalue weighted by molar-refractivity contribution is -0.180. The lowest BCUT2D eigenvalue weighted by Gasteiger charge is -2.53. The van der Waals surface area contributed by atoms with Gasteiger partial charge < -0.3 is 14.5 Å². The molecule has 1 radical (unpaired) electrons. The molecule has 5 nitrogen and oxygen atoms in total. The zero-order chi connectivity index (χ0) is 19.0. The number of rotatable bonds is 5. The van der Waals surface area contributed by atoms with Gasteiger partial charge in [0.2, 0.25) is 14.9 Å². The topological polar surface area (TPSA) is 64.6 Å². The first-order chi connectivity index (χ1) is 11.5. The number of aryl methyl sites for hydroxylation is 1. The van der Waals surface area contributed by atoms with Gasteiger partial charge in [-0.15, -0.1) is 0 Å².